The number of rotatable bonds is 5. The predicted molar refractivity (Wildman–Crippen MR) is 131 cm³/mol. The summed E-state index contributed by atoms with van der Waals surface area (Å²) in [5.41, 5.74) is 5.09. The van der Waals surface area contributed by atoms with Crippen LogP contribution in [-0.2, 0) is 24.1 Å². The molecule has 1 aliphatic rings. The van der Waals surface area contributed by atoms with Crippen LogP contribution in [0.1, 0.15) is 28.1 Å². The maximum atomic E-state index is 13.6. The molecule has 5 nitrogen and oxygen atoms in total. The molecule has 0 spiro atoms. The summed E-state index contributed by atoms with van der Waals surface area (Å²) < 4.78 is 26.8. The Kier molecular flexibility index (Phi) is 6.06. The molecule has 174 valence electrons. The summed E-state index contributed by atoms with van der Waals surface area (Å²) >= 11 is 0. The maximum absolute atomic E-state index is 13.6. The first-order valence-corrected chi connectivity index (χ1v) is 11.2. The van der Waals surface area contributed by atoms with Crippen LogP contribution in [0, 0.1) is 11.6 Å². The molecule has 1 heterocycles. The second kappa shape index (κ2) is 9.46. The largest absolute Gasteiger partial charge is 0.508 e. The van der Waals surface area contributed by atoms with Crippen LogP contribution in [-0.4, -0.2) is 21.0 Å². The summed E-state index contributed by atoms with van der Waals surface area (Å²) in [7, 11) is 0. The molecule has 0 saturated carbocycles. The molecule has 35 heavy (non-hydrogen) atoms. The van der Waals surface area contributed by atoms with E-state index in [1.807, 2.05) is 42.5 Å². The normalized spacial score (nSPS) is 12.3. The molecule has 3 aromatic carbocycles. The number of phenols is 1. The second-order valence-corrected chi connectivity index (χ2v) is 8.31. The third-order valence-corrected chi connectivity index (χ3v) is 5.81. The highest BCUT2D eigenvalue weighted by Gasteiger charge is 2.22. The van der Waals surface area contributed by atoms with E-state index in [2.05, 4.69) is 5.32 Å². The number of phenolic OH excluding ortho intramolecular Hbond substituents is 1. The van der Waals surface area contributed by atoms with Gasteiger partial charge in [0.2, 0.25) is 5.91 Å². The van der Waals surface area contributed by atoms with Crippen LogP contribution in [0.15, 0.2) is 66.7 Å². The van der Waals surface area contributed by atoms with Gasteiger partial charge in [0.1, 0.15) is 11.4 Å². The number of anilines is 1. The molecule has 0 unspecified atom stereocenters. The van der Waals surface area contributed by atoms with E-state index in [1.54, 1.807) is 18.2 Å². The highest BCUT2D eigenvalue weighted by molar-refractivity contribution is 5.94. The van der Waals surface area contributed by atoms with Crippen molar-refractivity contribution in [2.24, 2.45) is 0 Å². The van der Waals surface area contributed by atoms with E-state index in [0.717, 1.165) is 34.5 Å². The molecule has 5 rings (SSSR count). The van der Waals surface area contributed by atoms with Crippen molar-refractivity contribution in [3.63, 3.8) is 0 Å². The van der Waals surface area contributed by atoms with Gasteiger partial charge in [-0.15, -0.1) is 0 Å². The first-order chi connectivity index (χ1) is 17.0. The van der Waals surface area contributed by atoms with Crippen LogP contribution in [0.25, 0.3) is 23.4 Å². The lowest BCUT2D eigenvalue weighted by atomic mass is 9.91. The monoisotopic (exact) mass is 469 g/mol. The Labute approximate surface area is 200 Å². The fourth-order valence-electron chi connectivity index (χ4n) is 4.10. The Morgan fingerprint density at radius 1 is 0.943 bits per heavy atom. The first-order valence-electron chi connectivity index (χ1n) is 11.2. The number of benzene rings is 3. The Morgan fingerprint density at radius 2 is 1.77 bits per heavy atom. The average Bonchev–Trinajstić information content (AvgIpc) is 2.85. The lowest BCUT2D eigenvalue weighted by Crippen LogP contribution is -2.19. The van der Waals surface area contributed by atoms with Crippen molar-refractivity contribution >= 4 is 23.9 Å². The number of nitrogens with one attached hydrogen (secondary N) is 1. The van der Waals surface area contributed by atoms with Crippen LogP contribution >= 0.6 is 0 Å². The number of carbonyl (C=O) groups excluding carboxylic acids is 1. The zero-order valence-corrected chi connectivity index (χ0v) is 18.6. The van der Waals surface area contributed by atoms with E-state index < -0.39 is 17.5 Å². The van der Waals surface area contributed by atoms with E-state index in [0.29, 0.717) is 35.6 Å². The van der Waals surface area contributed by atoms with E-state index >= 15 is 0 Å². The number of fused-ring (bicyclic) bond motifs is 3. The van der Waals surface area contributed by atoms with Gasteiger partial charge in [-0.2, -0.15) is 0 Å². The van der Waals surface area contributed by atoms with Crippen molar-refractivity contribution in [1.29, 1.82) is 0 Å². The number of hydrogen-bond acceptors (Lipinski definition) is 4. The van der Waals surface area contributed by atoms with Gasteiger partial charge in [-0.25, -0.2) is 18.7 Å². The zero-order chi connectivity index (χ0) is 24.4. The number of nitrogens with zero attached hydrogens (tertiary/aromatic N) is 2. The predicted octanol–water partition coefficient (Wildman–Crippen LogP) is 5.58. The summed E-state index contributed by atoms with van der Waals surface area (Å²) in [6.45, 7) is 0. The number of hydrogen-bond donors (Lipinski definition) is 2. The zero-order valence-electron chi connectivity index (χ0n) is 18.6. The highest BCUT2D eigenvalue weighted by atomic mass is 19.2. The third-order valence-electron chi connectivity index (χ3n) is 5.81. The number of amides is 1. The summed E-state index contributed by atoms with van der Waals surface area (Å²) in [5, 5.41) is 12.7. The molecule has 0 aliphatic heterocycles. The van der Waals surface area contributed by atoms with Crippen molar-refractivity contribution in [3.8, 4) is 17.0 Å². The third kappa shape index (κ3) is 4.94. The molecule has 2 N–H and O–H groups in total. The average molecular weight is 469 g/mol. The van der Waals surface area contributed by atoms with Gasteiger partial charge in [0.25, 0.3) is 0 Å². The SMILES string of the molecule is O=C(Cc1ccc(F)c(F)c1)Nc1nc2c(nc1/C=C/c1ccccc1)-c1ccc(O)cc1CC2. The summed E-state index contributed by atoms with van der Waals surface area (Å²) in [5.74, 6) is -1.88. The Bertz CT molecular complexity index is 1450. The fraction of sp³-hybridized carbons (Fsp3) is 0.107. The molecular formula is C28H21F2N3O2. The van der Waals surface area contributed by atoms with Gasteiger partial charge in [0.15, 0.2) is 17.5 Å². The number of aromatic nitrogens is 2. The lowest BCUT2D eigenvalue weighted by molar-refractivity contribution is -0.115. The molecule has 0 bridgehead atoms. The van der Waals surface area contributed by atoms with Gasteiger partial charge in [0.05, 0.1) is 17.8 Å². The summed E-state index contributed by atoms with van der Waals surface area (Å²) in [4.78, 5) is 22.3. The van der Waals surface area contributed by atoms with Gasteiger partial charge >= 0.3 is 0 Å². The number of aryl methyl sites for hydroxylation is 2. The molecule has 1 amide bonds. The smallest absolute Gasteiger partial charge is 0.230 e. The van der Waals surface area contributed by atoms with Crippen molar-refractivity contribution in [1.82, 2.24) is 9.97 Å². The van der Waals surface area contributed by atoms with E-state index in [9.17, 15) is 18.7 Å². The molecule has 0 saturated heterocycles. The Hall–Kier alpha value is -4.39. The van der Waals surface area contributed by atoms with Crippen LogP contribution in [0.4, 0.5) is 14.6 Å². The molecule has 0 radical (unpaired) electrons. The topological polar surface area (TPSA) is 75.1 Å². The first kappa shape index (κ1) is 22.4. The quantitative estimate of drug-likeness (QED) is 0.400. The van der Waals surface area contributed by atoms with Crippen molar-refractivity contribution in [2.45, 2.75) is 19.3 Å². The number of aromatic hydroxyl groups is 1. The van der Waals surface area contributed by atoms with Gasteiger partial charge < -0.3 is 10.4 Å². The molecule has 0 fully saturated rings. The minimum Gasteiger partial charge on any atom is -0.508 e. The van der Waals surface area contributed by atoms with Crippen molar-refractivity contribution < 1.29 is 18.7 Å². The van der Waals surface area contributed by atoms with Crippen LogP contribution < -0.4 is 5.32 Å². The lowest BCUT2D eigenvalue weighted by Gasteiger charge is -2.20. The minimum atomic E-state index is -1.000. The van der Waals surface area contributed by atoms with Gasteiger partial charge in [-0.3, -0.25) is 4.79 Å². The molecule has 1 aliphatic carbocycles. The van der Waals surface area contributed by atoms with Crippen molar-refractivity contribution in [2.75, 3.05) is 5.32 Å². The molecule has 1 aromatic heterocycles. The molecule has 7 heteroatoms. The Balaban J connectivity index is 1.50. The highest BCUT2D eigenvalue weighted by Crippen LogP contribution is 2.35. The molecule has 0 atom stereocenters. The van der Waals surface area contributed by atoms with E-state index in [-0.39, 0.29) is 12.2 Å². The van der Waals surface area contributed by atoms with Crippen LogP contribution in [0.3, 0.4) is 0 Å². The van der Waals surface area contributed by atoms with Crippen LogP contribution in [0.2, 0.25) is 0 Å². The maximum Gasteiger partial charge on any atom is 0.230 e. The number of carbonyl (C=O) groups is 1. The van der Waals surface area contributed by atoms with Gasteiger partial charge in [-0.05, 0) is 65.9 Å². The van der Waals surface area contributed by atoms with Gasteiger partial charge in [-0.1, -0.05) is 42.5 Å². The van der Waals surface area contributed by atoms with Gasteiger partial charge in [0, 0.05) is 5.56 Å². The fourth-order valence-corrected chi connectivity index (χ4v) is 4.10. The van der Waals surface area contributed by atoms with E-state index in [4.69, 9.17) is 9.97 Å². The molecular weight excluding hydrogens is 448 g/mol. The summed E-state index contributed by atoms with van der Waals surface area (Å²) in [6, 6.07) is 18.2. The summed E-state index contributed by atoms with van der Waals surface area (Å²) in [6.07, 6.45) is 4.81. The van der Waals surface area contributed by atoms with Crippen molar-refractivity contribution in [3.05, 3.63) is 106 Å². The standard InChI is InChI=1S/C28H21F2N3O2/c29-22-11-6-18(14-23(22)30)15-26(35)33-28-25(12-7-17-4-2-1-3-5-17)31-27-21-10-9-20(34)16-19(21)8-13-24(27)32-28/h1-7,9-12,14,16,34H,8,13,15H2,(H,32,33,35)/b12-7+. The second-order valence-electron chi connectivity index (χ2n) is 8.31. The minimum absolute atomic E-state index is 0.139. The Morgan fingerprint density at radius 3 is 2.57 bits per heavy atom. The van der Waals surface area contributed by atoms with E-state index in [1.165, 1.54) is 6.07 Å². The molecule has 4 aromatic rings. The number of halogens is 2. The van der Waals surface area contributed by atoms with Crippen LogP contribution in [0.5, 0.6) is 5.75 Å².